The second kappa shape index (κ2) is 30.2. The van der Waals surface area contributed by atoms with Crippen LogP contribution in [0.1, 0.15) is 194 Å². The second-order valence-corrected chi connectivity index (χ2v) is 24.1. The molecule has 0 aliphatic heterocycles. The van der Waals surface area contributed by atoms with Crippen LogP contribution in [0.2, 0.25) is 0 Å². The molecule has 0 bridgehead atoms. The lowest BCUT2D eigenvalue weighted by Crippen LogP contribution is -2.02. The van der Waals surface area contributed by atoms with Gasteiger partial charge in [-0.3, -0.25) is 4.21 Å². The van der Waals surface area contributed by atoms with Gasteiger partial charge in [-0.05, 0) is 168 Å². The maximum absolute atomic E-state index is 12.8. The fraction of sp³-hybridized carbons (Fsp3) is 0.379. The topological polar surface area (TPSA) is 17.1 Å². The first-order valence-corrected chi connectivity index (χ1v) is 28.3. The number of hydrogen-bond donors (Lipinski definition) is 0. The van der Waals surface area contributed by atoms with E-state index in [1.165, 1.54) is 65.8 Å². The number of fused-ring (bicyclic) bond motifs is 1. The zero-order valence-electron chi connectivity index (χ0n) is 46.3. The Balaban J connectivity index is 0.000000289. The summed E-state index contributed by atoms with van der Waals surface area (Å²) in [6.45, 7) is 36.9. The Kier molecular flexibility index (Phi) is 26.5. The van der Waals surface area contributed by atoms with Gasteiger partial charge in [-0.2, -0.15) is 0 Å². The predicted molar refractivity (Wildman–Crippen MR) is 316 cm³/mol. The molecule has 0 amide bonds. The molecule has 7 rings (SSSR count). The minimum Gasteiger partial charge on any atom is -0.263 e. The van der Waals surface area contributed by atoms with E-state index in [-0.39, 0.29) is 5.82 Å². The number of aryl methyl sites for hydroxylation is 3. The van der Waals surface area contributed by atoms with Crippen LogP contribution < -0.4 is 0 Å². The van der Waals surface area contributed by atoms with E-state index >= 15 is 0 Å². The van der Waals surface area contributed by atoms with Crippen molar-refractivity contribution in [1.29, 1.82) is 0 Å². The van der Waals surface area contributed by atoms with E-state index < -0.39 is 9.52 Å². The third-order valence-corrected chi connectivity index (χ3v) is 14.0. The number of benzene rings is 7. The first-order chi connectivity index (χ1) is 32.8. The summed E-state index contributed by atoms with van der Waals surface area (Å²) in [7, 11) is -2.08. The van der Waals surface area contributed by atoms with Crippen LogP contribution in [0.25, 0.3) is 10.8 Å². The van der Waals surface area contributed by atoms with Gasteiger partial charge in [0.2, 0.25) is 0 Å². The molecular formula is C66H88BrFOS. The molecule has 0 N–H and O–H groups in total. The molecule has 0 radical (unpaired) electrons. The lowest BCUT2D eigenvalue weighted by Gasteiger charge is -2.14. The molecule has 0 aliphatic rings. The van der Waals surface area contributed by atoms with Crippen LogP contribution in [-0.2, 0) is 9.52 Å². The molecule has 7 aromatic carbocycles. The zero-order valence-corrected chi connectivity index (χ0v) is 48.7. The average Bonchev–Trinajstić information content (AvgIpc) is 3.30. The van der Waals surface area contributed by atoms with Crippen molar-refractivity contribution < 1.29 is 8.60 Å². The van der Waals surface area contributed by atoms with Gasteiger partial charge in [-0.25, -0.2) is 4.39 Å². The highest BCUT2D eigenvalue weighted by Gasteiger charge is 2.11. The fourth-order valence-electron chi connectivity index (χ4n) is 8.30. The van der Waals surface area contributed by atoms with Gasteiger partial charge >= 0.3 is 0 Å². The summed E-state index contributed by atoms with van der Waals surface area (Å²) in [5, 5.41) is 2.73. The lowest BCUT2D eigenvalue weighted by atomic mass is 9.91. The van der Waals surface area contributed by atoms with Gasteiger partial charge < -0.3 is 0 Å². The molecule has 70 heavy (non-hydrogen) atoms. The first-order valence-electron chi connectivity index (χ1n) is 25.3. The number of hydrogen-bond acceptors (Lipinski definition) is 1. The normalized spacial score (nSPS) is 11.7. The largest absolute Gasteiger partial charge is 0.263 e. The predicted octanol–water partition coefficient (Wildman–Crippen LogP) is 20.7. The van der Waals surface area contributed by atoms with Crippen molar-refractivity contribution in [3.8, 4) is 0 Å². The van der Waals surface area contributed by atoms with Gasteiger partial charge in [0.05, 0.1) is 0 Å². The number of rotatable bonds is 8. The van der Waals surface area contributed by atoms with Crippen molar-refractivity contribution in [2.75, 3.05) is 6.26 Å². The van der Waals surface area contributed by atoms with Crippen LogP contribution in [0.3, 0.4) is 0 Å². The summed E-state index contributed by atoms with van der Waals surface area (Å²) >= 11 is 3.43. The van der Waals surface area contributed by atoms with Crippen molar-refractivity contribution >= 4 is 42.1 Å². The first kappa shape index (κ1) is 61.3. The van der Waals surface area contributed by atoms with Gasteiger partial charge in [0.25, 0.3) is 0 Å². The molecule has 0 fully saturated rings. The van der Waals surface area contributed by atoms with Crippen molar-refractivity contribution in [2.24, 2.45) is 0 Å². The molecular weight excluding hydrogens is 940 g/mol. The van der Waals surface area contributed by atoms with Gasteiger partial charge in [-0.1, -0.05) is 240 Å². The molecule has 0 aromatic heterocycles. The zero-order chi connectivity index (χ0) is 52.9. The van der Waals surface area contributed by atoms with Crippen molar-refractivity contribution in [3.05, 3.63) is 218 Å². The molecule has 0 spiro atoms. The van der Waals surface area contributed by atoms with E-state index in [4.69, 9.17) is 0 Å². The minimum atomic E-state index is -2.08. The van der Waals surface area contributed by atoms with Crippen LogP contribution in [0.15, 0.2) is 161 Å². The highest BCUT2D eigenvalue weighted by Crippen LogP contribution is 2.27. The maximum atomic E-state index is 12.8. The van der Waals surface area contributed by atoms with E-state index in [1.54, 1.807) is 13.2 Å². The van der Waals surface area contributed by atoms with E-state index in [0.717, 1.165) is 16.0 Å². The van der Waals surface area contributed by atoms with Crippen LogP contribution in [0.4, 0.5) is 4.39 Å². The Morgan fingerprint density at radius 2 is 0.843 bits per heavy atom. The monoisotopic (exact) mass is 1030 g/mol. The average molecular weight is 1030 g/mol. The summed E-state index contributed by atoms with van der Waals surface area (Å²) in [5.74, 6) is 7.64. The SMILES string of the molecule is C=S(C)(=O)c1ccccc1C(C)C.CC(C)c1cccc(Br)c1.CC(C)c1cccc2ccccc12.CC(C)c1ccccc1C(C)C.Cc1cc(C(C)C)ccc1F.Cc1cccc(C)c1C(C)C. The fourth-order valence-corrected chi connectivity index (χ4v) is 9.88. The van der Waals surface area contributed by atoms with Crippen molar-refractivity contribution in [2.45, 2.75) is 164 Å². The van der Waals surface area contributed by atoms with E-state index in [1.807, 2.05) is 42.5 Å². The summed E-state index contributed by atoms with van der Waals surface area (Å²) in [6.07, 6.45) is 1.69. The lowest BCUT2D eigenvalue weighted by molar-refractivity contribution is 0.616. The van der Waals surface area contributed by atoms with E-state index in [0.29, 0.717) is 41.4 Å². The number of halogens is 2. The Bertz CT molecular complexity index is 2690. The Morgan fingerprint density at radius 1 is 0.429 bits per heavy atom. The van der Waals surface area contributed by atoms with Crippen LogP contribution in [0, 0.1) is 26.6 Å². The molecule has 1 atom stereocenters. The summed E-state index contributed by atoms with van der Waals surface area (Å²) in [6, 6.07) is 51.8. The molecule has 0 heterocycles. The minimum absolute atomic E-state index is 0.116. The molecule has 378 valence electrons. The molecule has 0 aliphatic carbocycles. The summed E-state index contributed by atoms with van der Waals surface area (Å²) < 4.78 is 25.7. The summed E-state index contributed by atoms with van der Waals surface area (Å²) in [4.78, 5) is 0.894. The highest BCUT2D eigenvalue weighted by atomic mass is 79.9. The maximum Gasteiger partial charge on any atom is 0.126 e. The van der Waals surface area contributed by atoms with Gasteiger partial charge in [0.15, 0.2) is 0 Å². The second-order valence-electron chi connectivity index (χ2n) is 20.7. The molecule has 7 aromatic rings. The van der Waals surface area contributed by atoms with Crippen LogP contribution in [-0.4, -0.2) is 16.3 Å². The smallest absolute Gasteiger partial charge is 0.126 e. The Hall–Kier alpha value is -4.77. The van der Waals surface area contributed by atoms with Gasteiger partial charge in [0.1, 0.15) is 5.82 Å². The Labute approximate surface area is 435 Å². The quantitative estimate of drug-likeness (QED) is 0.139. The third kappa shape index (κ3) is 20.5. The van der Waals surface area contributed by atoms with Crippen molar-refractivity contribution in [3.63, 3.8) is 0 Å². The molecule has 0 saturated carbocycles. The standard InChI is InChI=1S/C13H14.C12H18.C11H16OS.C11H16.C10H13F.C9H11Br/c1-10(2)12-9-5-7-11-6-3-4-8-13(11)12;1-9(2)11-7-5-6-8-12(11)10(3)4;1-9(2)10-7-5-6-8-11(10)13(3,4)12;1-8(2)11-9(3)6-5-7-10(11)4;1-7(2)9-4-5-10(11)8(3)6-9;1-7(2)8-4-3-5-9(10)6-8/h3-10H,1-2H3;5-10H,1-4H3;5-9H,3H2,1-2,4H3;5-8H,1-4H3;4-7H,1-3H3;3-7H,1-2H3. The summed E-state index contributed by atoms with van der Waals surface area (Å²) in [5.41, 5.74) is 13.2. The van der Waals surface area contributed by atoms with Crippen molar-refractivity contribution in [1.82, 2.24) is 0 Å². The third-order valence-electron chi connectivity index (χ3n) is 12.2. The van der Waals surface area contributed by atoms with Gasteiger partial charge in [0, 0.05) is 15.6 Å². The van der Waals surface area contributed by atoms with Crippen LogP contribution >= 0.6 is 15.9 Å². The van der Waals surface area contributed by atoms with Crippen LogP contribution in [0.5, 0.6) is 0 Å². The van der Waals surface area contributed by atoms with Gasteiger partial charge in [-0.15, -0.1) is 0 Å². The van der Waals surface area contributed by atoms with E-state index in [9.17, 15) is 8.60 Å². The van der Waals surface area contributed by atoms with E-state index in [2.05, 4.69) is 236 Å². The molecule has 0 saturated heterocycles. The Morgan fingerprint density at radius 3 is 1.26 bits per heavy atom. The molecule has 1 nitrogen and oxygen atoms in total. The highest BCUT2D eigenvalue weighted by molar-refractivity contribution is 9.10. The molecule has 4 heteroatoms. The molecule has 1 unspecified atom stereocenters.